The Labute approximate surface area is 203 Å². The smallest absolute Gasteiger partial charge is 0.383 e. The van der Waals surface area contributed by atoms with Crippen LogP contribution >= 0.6 is 11.8 Å². The molecule has 3 atom stereocenters. The summed E-state index contributed by atoms with van der Waals surface area (Å²) in [4.78, 5) is 50.4. The van der Waals surface area contributed by atoms with Gasteiger partial charge in [0.2, 0.25) is 5.91 Å². The zero-order chi connectivity index (χ0) is 25.2. The average Bonchev–Trinajstić information content (AvgIpc) is 2.86. The van der Waals surface area contributed by atoms with Crippen LogP contribution in [-0.2, 0) is 30.3 Å². The molecule has 2 unspecified atom stereocenters. The number of esters is 1. The predicted molar refractivity (Wildman–Crippen MR) is 123 cm³/mol. The molecule has 2 aliphatic rings. The molecule has 2 aromatic carbocycles. The Morgan fingerprint density at radius 1 is 1.23 bits per heavy atom. The van der Waals surface area contributed by atoms with Crippen molar-refractivity contribution < 1.29 is 33.9 Å². The maximum atomic E-state index is 13.2. The molecule has 0 radical (unpaired) electrons. The van der Waals surface area contributed by atoms with E-state index in [1.807, 2.05) is 6.07 Å². The van der Waals surface area contributed by atoms with Gasteiger partial charge < -0.3 is 19.9 Å². The van der Waals surface area contributed by atoms with Gasteiger partial charge in [-0.25, -0.2) is 4.79 Å². The first kappa shape index (κ1) is 24.2. The SMILES string of the molecule is COC1(NC(=O)Cc2ccccc2)C(=O)N2C(C(=O)OC(c3ccccc3)[N+](=O)[O-])=C(O)CS[C@@H]21. The van der Waals surface area contributed by atoms with E-state index >= 15 is 0 Å². The number of benzene rings is 2. The van der Waals surface area contributed by atoms with Crippen LogP contribution in [0.25, 0.3) is 0 Å². The molecule has 2 amide bonds. The van der Waals surface area contributed by atoms with Crippen LogP contribution in [-0.4, -0.2) is 56.7 Å². The lowest BCUT2D eigenvalue weighted by Crippen LogP contribution is -2.80. The first-order chi connectivity index (χ1) is 16.8. The number of hydrogen-bond donors (Lipinski definition) is 2. The van der Waals surface area contributed by atoms with Gasteiger partial charge in [0.05, 0.1) is 22.7 Å². The summed E-state index contributed by atoms with van der Waals surface area (Å²) in [5.74, 6) is -3.11. The number of aliphatic hydroxyl groups is 1. The Morgan fingerprint density at radius 3 is 2.46 bits per heavy atom. The van der Waals surface area contributed by atoms with Crippen molar-refractivity contribution in [2.75, 3.05) is 12.9 Å². The van der Waals surface area contributed by atoms with Crippen LogP contribution in [0.15, 0.2) is 72.1 Å². The molecule has 1 saturated heterocycles. The highest BCUT2D eigenvalue weighted by Crippen LogP contribution is 2.46. The highest BCUT2D eigenvalue weighted by atomic mass is 32.2. The predicted octanol–water partition coefficient (Wildman–Crippen LogP) is 1.89. The van der Waals surface area contributed by atoms with Crippen LogP contribution in [0, 0.1) is 10.1 Å². The number of rotatable bonds is 8. The lowest BCUT2D eigenvalue weighted by Gasteiger charge is -2.55. The molecule has 182 valence electrons. The summed E-state index contributed by atoms with van der Waals surface area (Å²) >= 11 is 1.06. The van der Waals surface area contributed by atoms with E-state index in [1.54, 1.807) is 42.5 Å². The van der Waals surface area contributed by atoms with E-state index in [4.69, 9.17) is 9.47 Å². The molecule has 2 aromatic rings. The fourth-order valence-corrected chi connectivity index (χ4v) is 5.19. The van der Waals surface area contributed by atoms with Gasteiger partial charge in [0, 0.05) is 7.11 Å². The van der Waals surface area contributed by atoms with E-state index in [1.165, 1.54) is 19.2 Å². The molecule has 0 bridgehead atoms. The molecule has 1 fully saturated rings. The molecule has 4 rings (SSSR count). The average molecular weight is 500 g/mol. The van der Waals surface area contributed by atoms with E-state index in [0.717, 1.165) is 22.2 Å². The zero-order valence-electron chi connectivity index (χ0n) is 18.5. The molecule has 35 heavy (non-hydrogen) atoms. The van der Waals surface area contributed by atoms with Crippen molar-refractivity contribution in [2.45, 2.75) is 23.7 Å². The third kappa shape index (κ3) is 4.45. The number of nitrogens with zero attached hydrogens (tertiary/aromatic N) is 2. The van der Waals surface area contributed by atoms with E-state index < -0.39 is 51.5 Å². The summed E-state index contributed by atoms with van der Waals surface area (Å²) in [6.45, 7) is 0. The fraction of sp³-hybridized carbons (Fsp3) is 0.261. The maximum Gasteiger partial charge on any atom is 0.383 e. The van der Waals surface area contributed by atoms with Crippen molar-refractivity contribution in [1.82, 2.24) is 10.2 Å². The maximum absolute atomic E-state index is 13.2. The van der Waals surface area contributed by atoms with Crippen LogP contribution in [0.1, 0.15) is 17.4 Å². The van der Waals surface area contributed by atoms with Gasteiger partial charge in [0.15, 0.2) is 5.70 Å². The van der Waals surface area contributed by atoms with Gasteiger partial charge in [-0.2, -0.15) is 0 Å². The van der Waals surface area contributed by atoms with Crippen LogP contribution in [0.5, 0.6) is 0 Å². The number of fused-ring (bicyclic) bond motifs is 1. The van der Waals surface area contributed by atoms with E-state index in [0.29, 0.717) is 0 Å². The number of nitrogens with one attached hydrogen (secondary N) is 1. The third-order valence-electron chi connectivity index (χ3n) is 5.55. The number of amides is 2. The summed E-state index contributed by atoms with van der Waals surface area (Å²) in [7, 11) is 1.24. The van der Waals surface area contributed by atoms with Gasteiger partial charge in [0.1, 0.15) is 11.1 Å². The van der Waals surface area contributed by atoms with Crippen molar-refractivity contribution in [2.24, 2.45) is 0 Å². The summed E-state index contributed by atoms with van der Waals surface area (Å²) in [6.07, 6.45) is -1.85. The quantitative estimate of drug-likeness (QED) is 0.183. The molecular weight excluding hydrogens is 478 g/mol. The summed E-state index contributed by atoms with van der Waals surface area (Å²) in [6, 6.07) is 16.5. The van der Waals surface area contributed by atoms with Gasteiger partial charge >= 0.3 is 12.2 Å². The van der Waals surface area contributed by atoms with Crippen molar-refractivity contribution >= 4 is 29.5 Å². The largest absolute Gasteiger partial charge is 0.509 e. The molecule has 2 aliphatic heterocycles. The molecule has 11 nitrogen and oxygen atoms in total. The second-order valence-corrected chi connectivity index (χ2v) is 8.81. The number of nitro groups is 1. The van der Waals surface area contributed by atoms with Crippen LogP contribution in [0.2, 0.25) is 0 Å². The van der Waals surface area contributed by atoms with Crippen LogP contribution in [0.3, 0.4) is 0 Å². The Balaban J connectivity index is 1.53. The monoisotopic (exact) mass is 499 g/mol. The van der Waals surface area contributed by atoms with Crippen LogP contribution in [0.4, 0.5) is 0 Å². The Hall–Kier alpha value is -3.90. The van der Waals surface area contributed by atoms with Crippen molar-refractivity contribution in [1.29, 1.82) is 0 Å². The lowest BCUT2D eigenvalue weighted by atomic mass is 9.98. The standard InChI is InChI=1S/C23H21N3O8S/c1-33-23(24-17(28)12-14-8-4-2-5-9-14)21(30)25-18(16(27)13-35-22(23)25)20(29)34-19(26(31)32)15-10-6-3-7-11-15/h2-11,19,22,27H,12-13H2,1H3,(H,24,28)/t19?,22-,23?/m1/s1. The minimum atomic E-state index is -1.84. The Morgan fingerprint density at radius 2 is 1.86 bits per heavy atom. The second-order valence-electron chi connectivity index (χ2n) is 7.74. The minimum Gasteiger partial charge on any atom is -0.509 e. The molecule has 2 heterocycles. The molecule has 2 N–H and O–H groups in total. The minimum absolute atomic E-state index is 0.00576. The molecule has 0 spiro atoms. The van der Waals surface area contributed by atoms with Gasteiger partial charge in [0.25, 0.3) is 11.6 Å². The zero-order valence-corrected chi connectivity index (χ0v) is 19.3. The van der Waals surface area contributed by atoms with Gasteiger partial charge in [-0.05, 0) is 17.7 Å². The third-order valence-corrected chi connectivity index (χ3v) is 6.85. The van der Waals surface area contributed by atoms with Crippen LogP contribution < -0.4 is 5.32 Å². The first-order valence-electron chi connectivity index (χ1n) is 10.5. The van der Waals surface area contributed by atoms with E-state index in [2.05, 4.69) is 5.32 Å². The number of thioether (sulfide) groups is 1. The highest BCUT2D eigenvalue weighted by Gasteiger charge is 2.67. The fourth-order valence-electron chi connectivity index (χ4n) is 3.89. The van der Waals surface area contributed by atoms with Gasteiger partial charge in [-0.15, -0.1) is 11.8 Å². The number of carbonyl (C=O) groups is 3. The second kappa shape index (κ2) is 9.76. The molecule has 0 aliphatic carbocycles. The molecule has 0 saturated carbocycles. The van der Waals surface area contributed by atoms with E-state index in [-0.39, 0.29) is 17.7 Å². The molecule has 0 aromatic heterocycles. The van der Waals surface area contributed by atoms with Crippen molar-refractivity contribution in [3.63, 3.8) is 0 Å². The summed E-state index contributed by atoms with van der Waals surface area (Å²) in [5, 5.41) is 23.6. The van der Waals surface area contributed by atoms with Crippen molar-refractivity contribution in [3.05, 3.63) is 93.4 Å². The number of carbonyl (C=O) groups excluding carboxylic acids is 3. The number of ether oxygens (including phenoxy) is 2. The van der Waals surface area contributed by atoms with Gasteiger partial charge in [-0.1, -0.05) is 48.5 Å². The normalized spacial score (nSPS) is 22.0. The number of aliphatic hydroxyl groups excluding tert-OH is 1. The van der Waals surface area contributed by atoms with Crippen molar-refractivity contribution in [3.8, 4) is 0 Å². The molecular formula is C23H21N3O8S. The lowest BCUT2D eigenvalue weighted by molar-refractivity contribution is -0.575. The van der Waals surface area contributed by atoms with Gasteiger partial charge in [-0.3, -0.25) is 24.6 Å². The molecule has 12 heteroatoms. The first-order valence-corrected chi connectivity index (χ1v) is 11.5. The Kier molecular flexibility index (Phi) is 6.76. The van der Waals surface area contributed by atoms with E-state index in [9.17, 15) is 29.6 Å². The summed E-state index contributed by atoms with van der Waals surface area (Å²) in [5.41, 5.74) is -1.46. The topological polar surface area (TPSA) is 148 Å². The summed E-state index contributed by atoms with van der Waals surface area (Å²) < 4.78 is 10.5. The number of β-lactam (4-membered cyclic amide) rings is 1. The highest BCUT2D eigenvalue weighted by molar-refractivity contribution is 8.00. The Bertz CT molecular complexity index is 1190. The number of hydrogen-bond acceptors (Lipinski definition) is 9. The number of methoxy groups -OCH3 is 1.